The van der Waals surface area contributed by atoms with Crippen LogP contribution in [0.3, 0.4) is 0 Å². The molecule has 0 saturated carbocycles. The average Bonchev–Trinajstić information content (AvgIpc) is 3.07. The summed E-state index contributed by atoms with van der Waals surface area (Å²) in [5, 5.41) is 4.02. The highest BCUT2D eigenvalue weighted by atomic mass is 32.1. The highest BCUT2D eigenvalue weighted by molar-refractivity contribution is 7.08. The van der Waals surface area contributed by atoms with E-state index < -0.39 is 0 Å². The van der Waals surface area contributed by atoms with Gasteiger partial charge in [0.1, 0.15) is 0 Å². The molecule has 1 aromatic rings. The number of likely N-dealkylation sites (tertiary alicyclic amines) is 1. The fourth-order valence-corrected chi connectivity index (χ4v) is 3.70. The molecule has 2 fully saturated rings. The normalized spacial score (nSPS) is 26.1. The van der Waals surface area contributed by atoms with Gasteiger partial charge in [-0.05, 0) is 11.4 Å². The van der Waals surface area contributed by atoms with Gasteiger partial charge in [0.15, 0.2) is 0 Å². The number of fused-ring (bicyclic) bond motifs is 1. The third kappa shape index (κ3) is 2.33. The number of amides is 2. The predicted octanol–water partition coefficient (Wildman–Crippen LogP) is 0.731. The lowest BCUT2D eigenvalue weighted by Gasteiger charge is -2.21. The number of nitrogens with zero attached hydrogens (tertiary/aromatic N) is 3. The van der Waals surface area contributed by atoms with Gasteiger partial charge in [0.25, 0.3) is 0 Å². The molecular formula is C14H19N3O2S. The minimum atomic E-state index is 0.0601. The van der Waals surface area contributed by atoms with Crippen molar-refractivity contribution in [3.8, 4) is 0 Å². The van der Waals surface area contributed by atoms with Crippen molar-refractivity contribution in [1.29, 1.82) is 0 Å². The second-order valence-electron chi connectivity index (χ2n) is 5.78. The zero-order valence-electron chi connectivity index (χ0n) is 11.8. The van der Waals surface area contributed by atoms with Crippen LogP contribution in [-0.2, 0) is 9.59 Å². The van der Waals surface area contributed by atoms with Crippen molar-refractivity contribution in [2.24, 2.45) is 11.8 Å². The van der Waals surface area contributed by atoms with Gasteiger partial charge in [-0.2, -0.15) is 11.3 Å². The first-order valence-electron chi connectivity index (χ1n) is 6.82. The molecule has 1 aromatic heterocycles. The third-order valence-electron chi connectivity index (χ3n) is 4.19. The summed E-state index contributed by atoms with van der Waals surface area (Å²) in [5.74, 6) is 0.738. The van der Waals surface area contributed by atoms with Crippen molar-refractivity contribution in [3.63, 3.8) is 0 Å². The van der Waals surface area contributed by atoms with Crippen molar-refractivity contribution in [2.45, 2.75) is 0 Å². The van der Waals surface area contributed by atoms with Crippen LogP contribution in [0.2, 0.25) is 0 Å². The Bertz CT molecular complexity index is 514. The molecule has 0 unspecified atom stereocenters. The van der Waals surface area contributed by atoms with Gasteiger partial charge in [-0.3, -0.25) is 14.5 Å². The molecule has 2 aliphatic heterocycles. The predicted molar refractivity (Wildman–Crippen MR) is 78.8 cm³/mol. The van der Waals surface area contributed by atoms with Crippen molar-refractivity contribution in [1.82, 2.24) is 9.80 Å². The van der Waals surface area contributed by atoms with E-state index in [0.29, 0.717) is 19.0 Å². The molecule has 108 valence electrons. The molecule has 2 amide bonds. The smallest absolute Gasteiger partial charge is 0.236 e. The molecule has 0 radical (unpaired) electrons. The standard InChI is InChI=1S/C14H19N3O2S/c1-15(2)13(18)8-16-5-10-6-17(11-3-4-20-9-11)14(19)12(10)7-16/h3-4,9-10,12H,5-8H2,1-2H3/t10-,12-/m0/s1. The Morgan fingerprint density at radius 2 is 2.20 bits per heavy atom. The summed E-state index contributed by atoms with van der Waals surface area (Å²) in [7, 11) is 3.53. The lowest BCUT2D eigenvalue weighted by Crippen LogP contribution is -2.38. The summed E-state index contributed by atoms with van der Waals surface area (Å²) in [6.45, 7) is 2.76. The lowest BCUT2D eigenvalue weighted by atomic mass is 10.0. The van der Waals surface area contributed by atoms with Crippen molar-refractivity contribution in [3.05, 3.63) is 16.8 Å². The van der Waals surface area contributed by atoms with Gasteiger partial charge in [0, 0.05) is 45.0 Å². The Morgan fingerprint density at radius 3 is 2.80 bits per heavy atom. The number of anilines is 1. The van der Waals surface area contributed by atoms with E-state index in [1.54, 1.807) is 30.3 Å². The summed E-state index contributed by atoms with van der Waals surface area (Å²) >= 11 is 1.61. The molecule has 2 aliphatic rings. The second kappa shape index (κ2) is 5.18. The van der Waals surface area contributed by atoms with Crippen LogP contribution in [0.4, 0.5) is 5.69 Å². The summed E-state index contributed by atoms with van der Waals surface area (Å²) in [6, 6.07) is 2.00. The number of hydrogen-bond donors (Lipinski definition) is 0. The summed E-state index contributed by atoms with van der Waals surface area (Å²) in [4.78, 5) is 29.8. The first kappa shape index (κ1) is 13.6. The van der Waals surface area contributed by atoms with Gasteiger partial charge in [0.05, 0.1) is 18.2 Å². The number of hydrogen-bond acceptors (Lipinski definition) is 4. The Kier molecular flexibility index (Phi) is 3.52. The van der Waals surface area contributed by atoms with E-state index in [1.165, 1.54) is 0 Å². The molecule has 20 heavy (non-hydrogen) atoms. The molecular weight excluding hydrogens is 274 g/mol. The highest BCUT2D eigenvalue weighted by Gasteiger charge is 2.46. The maximum atomic E-state index is 12.5. The highest BCUT2D eigenvalue weighted by Crippen LogP contribution is 2.35. The van der Waals surface area contributed by atoms with Crippen molar-refractivity contribution in [2.75, 3.05) is 45.2 Å². The van der Waals surface area contributed by atoms with Crippen LogP contribution < -0.4 is 4.90 Å². The fraction of sp³-hybridized carbons (Fsp3) is 0.571. The van der Waals surface area contributed by atoms with E-state index in [1.807, 2.05) is 21.7 Å². The zero-order valence-corrected chi connectivity index (χ0v) is 12.6. The molecule has 6 heteroatoms. The molecule has 3 rings (SSSR count). The Balaban J connectivity index is 1.63. The van der Waals surface area contributed by atoms with Crippen LogP contribution in [0.25, 0.3) is 0 Å². The van der Waals surface area contributed by atoms with E-state index in [2.05, 4.69) is 4.90 Å². The zero-order chi connectivity index (χ0) is 14.3. The Morgan fingerprint density at radius 1 is 1.40 bits per heavy atom. The minimum Gasteiger partial charge on any atom is -0.348 e. The van der Waals surface area contributed by atoms with Gasteiger partial charge < -0.3 is 9.80 Å². The second-order valence-corrected chi connectivity index (χ2v) is 6.56. The largest absolute Gasteiger partial charge is 0.348 e. The van der Waals surface area contributed by atoms with E-state index >= 15 is 0 Å². The Labute approximate surface area is 122 Å². The number of rotatable bonds is 3. The molecule has 3 heterocycles. The van der Waals surface area contributed by atoms with Gasteiger partial charge in [0.2, 0.25) is 11.8 Å². The summed E-state index contributed by atoms with van der Waals surface area (Å²) in [6.07, 6.45) is 0. The third-order valence-corrected chi connectivity index (χ3v) is 4.86. The molecule has 0 bridgehead atoms. The number of carbonyl (C=O) groups is 2. The van der Waals surface area contributed by atoms with E-state index in [9.17, 15) is 9.59 Å². The molecule has 0 aromatic carbocycles. The maximum absolute atomic E-state index is 12.5. The molecule has 0 aliphatic carbocycles. The maximum Gasteiger partial charge on any atom is 0.236 e. The molecule has 5 nitrogen and oxygen atoms in total. The van der Waals surface area contributed by atoms with Crippen molar-refractivity contribution >= 4 is 28.8 Å². The number of likely N-dealkylation sites (N-methyl/N-ethyl adjacent to an activating group) is 1. The van der Waals surface area contributed by atoms with Crippen molar-refractivity contribution < 1.29 is 9.59 Å². The first-order valence-corrected chi connectivity index (χ1v) is 7.76. The van der Waals surface area contributed by atoms with E-state index in [4.69, 9.17) is 0 Å². The van der Waals surface area contributed by atoms with Crippen LogP contribution in [0.5, 0.6) is 0 Å². The van der Waals surface area contributed by atoms with Crippen LogP contribution in [0.15, 0.2) is 16.8 Å². The lowest BCUT2D eigenvalue weighted by molar-refractivity contribution is -0.130. The van der Waals surface area contributed by atoms with Gasteiger partial charge in [-0.25, -0.2) is 0 Å². The topological polar surface area (TPSA) is 43.9 Å². The van der Waals surface area contributed by atoms with Crippen LogP contribution in [0.1, 0.15) is 0 Å². The molecule has 0 N–H and O–H groups in total. The SMILES string of the molecule is CN(C)C(=O)CN1C[C@H]2CN(c3ccsc3)C(=O)[C@H]2C1. The molecule has 2 atom stereocenters. The molecule has 2 saturated heterocycles. The first-order chi connectivity index (χ1) is 9.56. The molecule has 0 spiro atoms. The number of carbonyl (C=O) groups excluding carboxylic acids is 2. The minimum absolute atomic E-state index is 0.0601. The summed E-state index contributed by atoms with van der Waals surface area (Å²) < 4.78 is 0. The number of thiophene rings is 1. The van der Waals surface area contributed by atoms with E-state index in [-0.39, 0.29) is 17.7 Å². The summed E-state index contributed by atoms with van der Waals surface area (Å²) in [5.41, 5.74) is 1.02. The van der Waals surface area contributed by atoms with Gasteiger partial charge >= 0.3 is 0 Å². The monoisotopic (exact) mass is 293 g/mol. The quantitative estimate of drug-likeness (QED) is 0.825. The average molecular weight is 293 g/mol. The Hall–Kier alpha value is -1.40. The van der Waals surface area contributed by atoms with E-state index in [0.717, 1.165) is 18.8 Å². The van der Waals surface area contributed by atoms with Gasteiger partial charge in [-0.15, -0.1) is 0 Å². The fourth-order valence-electron chi connectivity index (χ4n) is 3.06. The van der Waals surface area contributed by atoms with Gasteiger partial charge in [-0.1, -0.05) is 0 Å². The van der Waals surface area contributed by atoms with Crippen LogP contribution >= 0.6 is 11.3 Å². The van der Waals surface area contributed by atoms with Crippen LogP contribution in [-0.4, -0.2) is 61.9 Å². The van der Waals surface area contributed by atoms with Crippen LogP contribution in [0, 0.1) is 11.8 Å².